The van der Waals surface area contributed by atoms with Crippen LogP contribution in [0.25, 0.3) is 0 Å². The van der Waals surface area contributed by atoms with Gasteiger partial charge in [-0.15, -0.1) is 0 Å². The van der Waals surface area contributed by atoms with Crippen LogP contribution in [0.3, 0.4) is 0 Å². The molecule has 1 saturated heterocycles. The van der Waals surface area contributed by atoms with Gasteiger partial charge in [0.15, 0.2) is 0 Å². The molecule has 0 aliphatic carbocycles. The Bertz CT molecular complexity index is 526. The van der Waals surface area contributed by atoms with Crippen LogP contribution in [-0.2, 0) is 4.74 Å². The van der Waals surface area contributed by atoms with Crippen LogP contribution in [0.4, 0.5) is 16.2 Å². The lowest BCUT2D eigenvalue weighted by Crippen LogP contribution is -2.40. The van der Waals surface area contributed by atoms with E-state index in [4.69, 9.17) is 4.74 Å². The molecule has 7 nitrogen and oxygen atoms in total. The highest BCUT2D eigenvalue weighted by Gasteiger charge is 2.24. The number of ether oxygens (including phenoxy) is 1. The average Bonchev–Trinajstić information content (AvgIpc) is 2.91. The molecule has 0 unspecified atom stereocenters. The Morgan fingerprint density at radius 3 is 2.85 bits per heavy atom. The Balaban J connectivity index is 2.04. The number of hydrogen-bond acceptors (Lipinski definition) is 4. The lowest BCUT2D eigenvalue weighted by Gasteiger charge is -2.23. The summed E-state index contributed by atoms with van der Waals surface area (Å²) in [4.78, 5) is 23.9. The summed E-state index contributed by atoms with van der Waals surface area (Å²) in [6.45, 7) is 2.85. The van der Waals surface area contributed by atoms with Crippen LogP contribution in [-0.4, -0.2) is 42.2 Å². The first-order valence-corrected chi connectivity index (χ1v) is 6.35. The molecule has 1 aliphatic rings. The quantitative estimate of drug-likeness (QED) is 0.678. The lowest BCUT2D eigenvalue weighted by atomic mass is 10.2. The normalized spacial score (nSPS) is 17.8. The number of nitrogens with zero attached hydrogens (tertiary/aromatic N) is 2. The number of benzene rings is 1. The standard InChI is InChI=1S/C13H17N3O4/c1-9-7-10(3-4-12(9)16(18)19)14-13(17)15(2)11-5-6-20-8-11/h3-4,7,11H,5-6,8H2,1-2H3,(H,14,17)/t11-/m0/s1. The van der Waals surface area contributed by atoms with Crippen LogP contribution in [0.1, 0.15) is 12.0 Å². The Labute approximate surface area is 116 Å². The maximum atomic E-state index is 12.1. The first-order chi connectivity index (χ1) is 9.49. The first kappa shape index (κ1) is 14.3. The molecule has 1 fully saturated rings. The molecule has 1 heterocycles. The van der Waals surface area contributed by atoms with Gasteiger partial charge in [-0.05, 0) is 25.5 Å². The van der Waals surface area contributed by atoms with Gasteiger partial charge in [0, 0.05) is 31.0 Å². The van der Waals surface area contributed by atoms with E-state index >= 15 is 0 Å². The third kappa shape index (κ3) is 3.05. The topological polar surface area (TPSA) is 84.7 Å². The van der Waals surface area contributed by atoms with Gasteiger partial charge in [-0.2, -0.15) is 0 Å². The van der Waals surface area contributed by atoms with Crippen LogP contribution in [0.5, 0.6) is 0 Å². The van der Waals surface area contributed by atoms with E-state index in [9.17, 15) is 14.9 Å². The first-order valence-electron chi connectivity index (χ1n) is 6.35. The van der Waals surface area contributed by atoms with E-state index < -0.39 is 4.92 Å². The molecule has 0 radical (unpaired) electrons. The van der Waals surface area contributed by atoms with Gasteiger partial charge in [-0.1, -0.05) is 0 Å². The molecule has 0 spiro atoms. The van der Waals surface area contributed by atoms with Crippen molar-refractivity contribution in [2.45, 2.75) is 19.4 Å². The van der Waals surface area contributed by atoms with Crippen molar-refractivity contribution in [3.8, 4) is 0 Å². The number of amides is 2. The van der Waals surface area contributed by atoms with Gasteiger partial charge < -0.3 is 15.0 Å². The molecular weight excluding hydrogens is 262 g/mol. The van der Waals surface area contributed by atoms with Crippen molar-refractivity contribution >= 4 is 17.4 Å². The maximum Gasteiger partial charge on any atom is 0.321 e. The number of rotatable bonds is 3. The third-order valence-corrected chi connectivity index (χ3v) is 3.42. The summed E-state index contributed by atoms with van der Waals surface area (Å²) in [5.41, 5.74) is 1.10. The molecule has 1 atom stereocenters. The van der Waals surface area contributed by atoms with Crippen LogP contribution >= 0.6 is 0 Å². The Hall–Kier alpha value is -2.15. The van der Waals surface area contributed by atoms with E-state index in [0.717, 1.165) is 6.42 Å². The third-order valence-electron chi connectivity index (χ3n) is 3.42. The number of hydrogen-bond donors (Lipinski definition) is 1. The summed E-state index contributed by atoms with van der Waals surface area (Å²) in [6, 6.07) is 4.35. The van der Waals surface area contributed by atoms with Crippen molar-refractivity contribution in [2.24, 2.45) is 0 Å². The number of likely N-dealkylation sites (N-methyl/N-ethyl adjacent to an activating group) is 1. The van der Waals surface area contributed by atoms with Crippen molar-refractivity contribution < 1.29 is 14.5 Å². The van der Waals surface area contributed by atoms with E-state index in [0.29, 0.717) is 24.5 Å². The van der Waals surface area contributed by atoms with E-state index in [1.54, 1.807) is 24.9 Å². The molecule has 20 heavy (non-hydrogen) atoms. The fourth-order valence-electron chi connectivity index (χ4n) is 2.14. The zero-order chi connectivity index (χ0) is 14.7. The highest BCUT2D eigenvalue weighted by Crippen LogP contribution is 2.22. The fraction of sp³-hybridized carbons (Fsp3) is 0.462. The largest absolute Gasteiger partial charge is 0.379 e. The molecule has 1 N–H and O–H groups in total. The van der Waals surface area contributed by atoms with Crippen LogP contribution in [0.15, 0.2) is 18.2 Å². The van der Waals surface area contributed by atoms with Gasteiger partial charge in [0.1, 0.15) is 0 Å². The minimum Gasteiger partial charge on any atom is -0.379 e. The number of urea groups is 1. The van der Waals surface area contributed by atoms with Crippen molar-refractivity contribution in [1.29, 1.82) is 0 Å². The molecule has 1 aromatic rings. The van der Waals surface area contributed by atoms with Gasteiger partial charge in [0.2, 0.25) is 0 Å². The molecule has 0 aromatic heterocycles. The monoisotopic (exact) mass is 279 g/mol. The van der Waals surface area contributed by atoms with Crippen LogP contribution < -0.4 is 5.32 Å². The number of nitro groups is 1. The smallest absolute Gasteiger partial charge is 0.321 e. The van der Waals surface area contributed by atoms with Gasteiger partial charge in [-0.3, -0.25) is 10.1 Å². The number of carbonyl (C=O) groups is 1. The molecule has 2 rings (SSSR count). The van der Waals surface area contributed by atoms with Crippen molar-refractivity contribution in [3.63, 3.8) is 0 Å². The predicted molar refractivity (Wildman–Crippen MR) is 73.8 cm³/mol. The van der Waals surface area contributed by atoms with Crippen molar-refractivity contribution in [1.82, 2.24) is 4.90 Å². The molecule has 108 valence electrons. The molecule has 0 saturated carbocycles. The zero-order valence-electron chi connectivity index (χ0n) is 11.5. The summed E-state index contributed by atoms with van der Waals surface area (Å²) in [6.07, 6.45) is 0.823. The summed E-state index contributed by atoms with van der Waals surface area (Å²) < 4.78 is 5.24. The number of aryl methyl sites for hydroxylation is 1. The van der Waals surface area contributed by atoms with Gasteiger partial charge in [0.05, 0.1) is 17.6 Å². The highest BCUT2D eigenvalue weighted by molar-refractivity contribution is 5.89. The fourth-order valence-corrected chi connectivity index (χ4v) is 2.14. The van der Waals surface area contributed by atoms with Crippen molar-refractivity contribution in [2.75, 3.05) is 25.6 Å². The summed E-state index contributed by atoms with van der Waals surface area (Å²) in [5.74, 6) is 0. The lowest BCUT2D eigenvalue weighted by molar-refractivity contribution is -0.385. The highest BCUT2D eigenvalue weighted by atomic mass is 16.6. The molecular formula is C13H17N3O4. The predicted octanol–water partition coefficient (Wildman–Crippen LogP) is 2.16. The maximum absolute atomic E-state index is 12.1. The van der Waals surface area contributed by atoms with E-state index in [1.165, 1.54) is 12.1 Å². The SMILES string of the molecule is Cc1cc(NC(=O)N(C)[C@H]2CCOC2)ccc1[N+](=O)[O-]. The number of nitro benzene ring substituents is 1. The van der Waals surface area contributed by atoms with Crippen LogP contribution in [0.2, 0.25) is 0 Å². The Morgan fingerprint density at radius 1 is 1.55 bits per heavy atom. The molecule has 1 aromatic carbocycles. The summed E-state index contributed by atoms with van der Waals surface area (Å²) >= 11 is 0. The minimum atomic E-state index is -0.442. The number of carbonyl (C=O) groups excluding carboxylic acids is 1. The second kappa shape index (κ2) is 5.87. The average molecular weight is 279 g/mol. The Kier molecular flexibility index (Phi) is 4.19. The van der Waals surface area contributed by atoms with Gasteiger partial charge >= 0.3 is 6.03 Å². The van der Waals surface area contributed by atoms with E-state index in [1.807, 2.05) is 0 Å². The molecule has 7 heteroatoms. The number of anilines is 1. The van der Waals surface area contributed by atoms with E-state index in [2.05, 4.69) is 5.32 Å². The van der Waals surface area contributed by atoms with Crippen LogP contribution in [0, 0.1) is 17.0 Å². The Morgan fingerprint density at radius 2 is 2.30 bits per heavy atom. The second-order valence-electron chi connectivity index (χ2n) is 4.82. The summed E-state index contributed by atoms with van der Waals surface area (Å²) in [7, 11) is 1.72. The number of nitrogens with one attached hydrogen (secondary N) is 1. The molecule has 0 bridgehead atoms. The van der Waals surface area contributed by atoms with Gasteiger partial charge in [0.25, 0.3) is 5.69 Å². The zero-order valence-corrected chi connectivity index (χ0v) is 11.5. The molecule has 2 amide bonds. The van der Waals surface area contributed by atoms with E-state index in [-0.39, 0.29) is 17.8 Å². The minimum absolute atomic E-state index is 0.0422. The second-order valence-corrected chi connectivity index (χ2v) is 4.82. The summed E-state index contributed by atoms with van der Waals surface area (Å²) in [5, 5.41) is 13.5. The van der Waals surface area contributed by atoms with Crippen molar-refractivity contribution in [3.05, 3.63) is 33.9 Å². The molecule has 1 aliphatic heterocycles. The van der Waals surface area contributed by atoms with Gasteiger partial charge in [-0.25, -0.2) is 4.79 Å².